The van der Waals surface area contributed by atoms with Crippen molar-refractivity contribution in [3.05, 3.63) is 58.7 Å². The third kappa shape index (κ3) is 4.44. The molecule has 1 aliphatic rings. The van der Waals surface area contributed by atoms with Gasteiger partial charge in [-0.1, -0.05) is 44.2 Å². The smallest absolute Gasteiger partial charge is 0.313 e. The zero-order valence-corrected chi connectivity index (χ0v) is 18.1. The number of aryl methyl sites for hydroxylation is 2. The minimum Gasteiger partial charge on any atom is -0.368 e. The molecule has 0 aliphatic carbocycles. The summed E-state index contributed by atoms with van der Waals surface area (Å²) < 4.78 is 0. The van der Waals surface area contributed by atoms with Gasteiger partial charge in [-0.05, 0) is 55.0 Å². The molecule has 1 aliphatic heterocycles. The molecule has 29 heavy (non-hydrogen) atoms. The highest BCUT2D eigenvalue weighted by Crippen LogP contribution is 2.28. The molecule has 154 valence electrons. The fourth-order valence-corrected chi connectivity index (χ4v) is 3.88. The Morgan fingerprint density at radius 1 is 0.897 bits per heavy atom. The maximum atomic E-state index is 12.8. The molecule has 0 unspecified atom stereocenters. The summed E-state index contributed by atoms with van der Waals surface area (Å²) in [7, 11) is 0. The summed E-state index contributed by atoms with van der Waals surface area (Å²) in [6.45, 7) is 12.9. The van der Waals surface area contributed by atoms with E-state index in [0.29, 0.717) is 13.1 Å². The van der Waals surface area contributed by atoms with Crippen molar-refractivity contribution in [3.63, 3.8) is 0 Å². The summed E-state index contributed by atoms with van der Waals surface area (Å²) in [5, 5.41) is 2.87. The summed E-state index contributed by atoms with van der Waals surface area (Å²) in [4.78, 5) is 29.4. The van der Waals surface area contributed by atoms with Gasteiger partial charge in [0.2, 0.25) is 0 Å². The van der Waals surface area contributed by atoms with Crippen LogP contribution >= 0.6 is 0 Å². The van der Waals surface area contributed by atoms with Crippen LogP contribution in [-0.2, 0) is 9.59 Å². The second-order valence-electron chi connectivity index (χ2n) is 8.15. The quantitative estimate of drug-likeness (QED) is 0.802. The number of piperazine rings is 1. The summed E-state index contributed by atoms with van der Waals surface area (Å²) in [5.41, 5.74) is 6.52. The van der Waals surface area contributed by atoms with Gasteiger partial charge in [0.25, 0.3) is 0 Å². The fraction of sp³-hybridized carbons (Fsp3) is 0.417. The number of amides is 2. The number of carbonyl (C=O) groups is 2. The Balaban J connectivity index is 1.65. The highest BCUT2D eigenvalue weighted by atomic mass is 16.2. The van der Waals surface area contributed by atoms with Gasteiger partial charge in [0.05, 0.1) is 0 Å². The Morgan fingerprint density at radius 3 is 2.17 bits per heavy atom. The van der Waals surface area contributed by atoms with Crippen LogP contribution < -0.4 is 10.2 Å². The minimum atomic E-state index is -0.554. The molecule has 0 bridgehead atoms. The van der Waals surface area contributed by atoms with Crippen LogP contribution in [0.5, 0.6) is 0 Å². The molecule has 2 aromatic rings. The molecule has 0 aromatic heterocycles. The molecule has 2 amide bonds. The predicted molar refractivity (Wildman–Crippen MR) is 119 cm³/mol. The molecule has 1 fully saturated rings. The van der Waals surface area contributed by atoms with E-state index in [2.05, 4.69) is 56.1 Å². The first-order valence-corrected chi connectivity index (χ1v) is 10.3. The lowest BCUT2D eigenvalue weighted by Crippen LogP contribution is -2.51. The van der Waals surface area contributed by atoms with Crippen LogP contribution in [0.4, 0.5) is 11.4 Å². The first-order chi connectivity index (χ1) is 13.8. The van der Waals surface area contributed by atoms with Crippen LogP contribution in [0.1, 0.15) is 42.0 Å². The summed E-state index contributed by atoms with van der Waals surface area (Å²) in [6, 6.07) is 12.2. The van der Waals surface area contributed by atoms with E-state index in [1.807, 2.05) is 25.1 Å². The van der Waals surface area contributed by atoms with Crippen molar-refractivity contribution in [2.45, 2.75) is 40.5 Å². The van der Waals surface area contributed by atoms with Crippen LogP contribution in [0.3, 0.4) is 0 Å². The third-order valence-corrected chi connectivity index (χ3v) is 5.84. The van der Waals surface area contributed by atoms with E-state index < -0.39 is 11.8 Å². The van der Waals surface area contributed by atoms with E-state index in [-0.39, 0.29) is 5.92 Å². The molecule has 0 radical (unpaired) electrons. The van der Waals surface area contributed by atoms with Crippen molar-refractivity contribution < 1.29 is 9.59 Å². The van der Waals surface area contributed by atoms with Crippen molar-refractivity contribution in [1.29, 1.82) is 0 Å². The molecule has 1 N–H and O–H groups in total. The highest BCUT2D eigenvalue weighted by molar-refractivity contribution is 6.39. The van der Waals surface area contributed by atoms with Gasteiger partial charge < -0.3 is 15.1 Å². The summed E-state index contributed by atoms with van der Waals surface area (Å²) in [6.07, 6.45) is 0. The average Bonchev–Trinajstić information content (AvgIpc) is 2.71. The Kier molecular flexibility index (Phi) is 6.26. The largest absolute Gasteiger partial charge is 0.368 e. The molecular weight excluding hydrogens is 362 g/mol. The number of para-hydroxylation sites is 1. The number of benzene rings is 2. The van der Waals surface area contributed by atoms with Gasteiger partial charge in [0, 0.05) is 37.6 Å². The molecule has 1 saturated heterocycles. The third-order valence-electron chi connectivity index (χ3n) is 5.84. The van der Waals surface area contributed by atoms with Crippen molar-refractivity contribution in [2.75, 3.05) is 36.4 Å². The first-order valence-electron chi connectivity index (χ1n) is 10.3. The number of hydrogen-bond acceptors (Lipinski definition) is 3. The SMILES string of the molecule is Cc1cccc(N2CCN(C(=O)C(=O)Nc3c(C)cccc3C(C)C)CC2)c1C. The van der Waals surface area contributed by atoms with Crippen molar-refractivity contribution in [2.24, 2.45) is 0 Å². The monoisotopic (exact) mass is 393 g/mol. The molecule has 5 nitrogen and oxygen atoms in total. The average molecular weight is 394 g/mol. The van der Waals surface area contributed by atoms with Gasteiger partial charge in [0.15, 0.2) is 0 Å². The normalized spacial score (nSPS) is 14.3. The van der Waals surface area contributed by atoms with Crippen molar-refractivity contribution >= 4 is 23.2 Å². The van der Waals surface area contributed by atoms with Gasteiger partial charge >= 0.3 is 11.8 Å². The Morgan fingerprint density at radius 2 is 1.52 bits per heavy atom. The number of nitrogens with zero attached hydrogens (tertiary/aromatic N) is 2. The zero-order valence-electron chi connectivity index (χ0n) is 18.1. The number of hydrogen-bond donors (Lipinski definition) is 1. The Labute approximate surface area is 173 Å². The maximum Gasteiger partial charge on any atom is 0.313 e. The highest BCUT2D eigenvalue weighted by Gasteiger charge is 2.27. The number of nitrogens with one attached hydrogen (secondary N) is 1. The second-order valence-corrected chi connectivity index (χ2v) is 8.15. The molecule has 0 spiro atoms. The van der Waals surface area contributed by atoms with Gasteiger partial charge in [-0.2, -0.15) is 0 Å². The van der Waals surface area contributed by atoms with E-state index in [9.17, 15) is 9.59 Å². The van der Waals surface area contributed by atoms with Crippen LogP contribution in [0, 0.1) is 20.8 Å². The lowest BCUT2D eigenvalue weighted by atomic mass is 9.98. The first kappa shape index (κ1) is 20.9. The van der Waals surface area contributed by atoms with Crippen molar-refractivity contribution in [1.82, 2.24) is 4.90 Å². The molecule has 3 rings (SSSR count). The van der Waals surface area contributed by atoms with Crippen LogP contribution in [0.15, 0.2) is 36.4 Å². The zero-order chi connectivity index (χ0) is 21.1. The van der Waals surface area contributed by atoms with Gasteiger partial charge in [-0.15, -0.1) is 0 Å². The molecule has 0 atom stereocenters. The van der Waals surface area contributed by atoms with E-state index in [1.54, 1.807) is 4.90 Å². The molecule has 2 aromatic carbocycles. The Bertz CT molecular complexity index is 912. The number of carbonyl (C=O) groups excluding carboxylic acids is 2. The van der Waals surface area contributed by atoms with Gasteiger partial charge in [-0.3, -0.25) is 9.59 Å². The van der Waals surface area contributed by atoms with E-state index in [1.165, 1.54) is 16.8 Å². The fourth-order valence-electron chi connectivity index (χ4n) is 3.88. The Hall–Kier alpha value is -2.82. The topological polar surface area (TPSA) is 52.7 Å². The standard InChI is InChI=1S/C24H31N3O2/c1-16(2)20-10-6-9-18(4)22(20)25-23(28)24(29)27-14-12-26(13-15-27)21-11-7-8-17(3)19(21)5/h6-11,16H,12-15H2,1-5H3,(H,25,28). The molecule has 0 saturated carbocycles. The van der Waals surface area contributed by atoms with Crippen LogP contribution in [-0.4, -0.2) is 42.9 Å². The van der Waals surface area contributed by atoms with Crippen molar-refractivity contribution in [3.8, 4) is 0 Å². The number of rotatable bonds is 3. The summed E-state index contributed by atoms with van der Waals surface area (Å²) >= 11 is 0. The van der Waals surface area contributed by atoms with E-state index in [0.717, 1.165) is 29.9 Å². The number of anilines is 2. The van der Waals surface area contributed by atoms with Gasteiger partial charge in [0.1, 0.15) is 0 Å². The summed E-state index contributed by atoms with van der Waals surface area (Å²) in [5.74, 6) is -0.744. The lowest BCUT2D eigenvalue weighted by molar-refractivity contribution is -0.143. The molecule has 1 heterocycles. The van der Waals surface area contributed by atoms with E-state index >= 15 is 0 Å². The molecular formula is C24H31N3O2. The maximum absolute atomic E-state index is 12.8. The second kappa shape index (κ2) is 8.68. The van der Waals surface area contributed by atoms with Crippen LogP contribution in [0.2, 0.25) is 0 Å². The lowest BCUT2D eigenvalue weighted by Gasteiger charge is -2.36. The van der Waals surface area contributed by atoms with Gasteiger partial charge in [-0.25, -0.2) is 0 Å². The predicted octanol–water partition coefficient (Wildman–Crippen LogP) is 4.02. The van der Waals surface area contributed by atoms with Crippen LogP contribution in [0.25, 0.3) is 0 Å². The molecule has 5 heteroatoms. The van der Waals surface area contributed by atoms with E-state index in [4.69, 9.17) is 0 Å². The minimum absolute atomic E-state index is 0.265.